The third-order valence-electron chi connectivity index (χ3n) is 4.53. The standard InChI is InChI=1S/C20H29Cl2NO3/c1-18(2,3)26-17(24)23-10-6-9-20(13-23,12-19(4,5)25)14-7-8-15(21)16(22)11-14/h7-8,11,25H,6,9-10,12-13H2,1-5H3/t20-/m1/s1. The lowest BCUT2D eigenvalue weighted by atomic mass is 9.68. The summed E-state index contributed by atoms with van der Waals surface area (Å²) in [6.45, 7) is 10.3. The van der Waals surface area contributed by atoms with Crippen LogP contribution in [0.15, 0.2) is 18.2 Å². The number of likely N-dealkylation sites (tertiary alicyclic amines) is 1. The molecule has 0 aliphatic carbocycles. The maximum Gasteiger partial charge on any atom is 0.410 e. The molecule has 2 rings (SSSR count). The Bertz CT molecular complexity index is 664. The van der Waals surface area contributed by atoms with Crippen molar-refractivity contribution >= 4 is 29.3 Å². The molecule has 1 heterocycles. The van der Waals surface area contributed by atoms with Crippen LogP contribution in [0, 0.1) is 0 Å². The average Bonchev–Trinajstić information content (AvgIpc) is 2.46. The highest BCUT2D eigenvalue weighted by Crippen LogP contribution is 2.42. The SMILES string of the molecule is CC(C)(O)C[C@]1(c2ccc(Cl)c(Cl)c2)CCCN(C(=O)OC(C)(C)C)C1. The molecular formula is C20H29Cl2NO3. The van der Waals surface area contributed by atoms with Crippen molar-refractivity contribution in [3.8, 4) is 0 Å². The first-order chi connectivity index (χ1) is 11.8. The van der Waals surface area contributed by atoms with E-state index in [9.17, 15) is 9.90 Å². The van der Waals surface area contributed by atoms with E-state index in [1.165, 1.54) is 0 Å². The third kappa shape index (κ3) is 5.51. The van der Waals surface area contributed by atoms with Gasteiger partial charge in [-0.05, 0) is 71.6 Å². The fraction of sp³-hybridized carbons (Fsp3) is 0.650. The monoisotopic (exact) mass is 401 g/mol. The van der Waals surface area contributed by atoms with Crippen molar-refractivity contribution in [1.82, 2.24) is 4.90 Å². The lowest BCUT2D eigenvalue weighted by molar-refractivity contribution is -0.00486. The van der Waals surface area contributed by atoms with Gasteiger partial charge in [-0.1, -0.05) is 29.3 Å². The number of aliphatic hydroxyl groups is 1. The molecule has 6 heteroatoms. The number of nitrogens with zero attached hydrogens (tertiary/aromatic N) is 1. The second-order valence-corrected chi connectivity index (χ2v) is 9.72. The highest BCUT2D eigenvalue weighted by atomic mass is 35.5. The molecule has 0 aromatic heterocycles. The molecule has 1 saturated heterocycles. The number of rotatable bonds is 3. The van der Waals surface area contributed by atoms with Crippen LogP contribution in [-0.2, 0) is 10.2 Å². The molecule has 1 N–H and O–H groups in total. The van der Waals surface area contributed by atoms with Crippen LogP contribution < -0.4 is 0 Å². The molecule has 0 bridgehead atoms. The van der Waals surface area contributed by atoms with Crippen LogP contribution in [0.5, 0.6) is 0 Å². The Kier molecular flexibility index (Phi) is 6.21. The second-order valence-electron chi connectivity index (χ2n) is 8.90. The van der Waals surface area contributed by atoms with Crippen LogP contribution in [0.1, 0.15) is 59.4 Å². The summed E-state index contributed by atoms with van der Waals surface area (Å²) in [6, 6.07) is 5.57. The molecular weight excluding hydrogens is 373 g/mol. The minimum absolute atomic E-state index is 0.322. The van der Waals surface area contributed by atoms with Crippen molar-refractivity contribution in [3.05, 3.63) is 33.8 Å². The van der Waals surface area contributed by atoms with Crippen LogP contribution in [0.2, 0.25) is 10.0 Å². The Morgan fingerprint density at radius 2 is 1.88 bits per heavy atom. The van der Waals surface area contributed by atoms with E-state index in [0.717, 1.165) is 18.4 Å². The summed E-state index contributed by atoms with van der Waals surface area (Å²) >= 11 is 12.3. The molecule has 0 spiro atoms. The summed E-state index contributed by atoms with van der Waals surface area (Å²) in [5.74, 6) is 0. The van der Waals surface area contributed by atoms with Gasteiger partial charge in [0.1, 0.15) is 5.60 Å². The Labute approximate surface area is 166 Å². The van der Waals surface area contributed by atoms with E-state index >= 15 is 0 Å². The normalized spacial score (nSPS) is 21.6. The molecule has 146 valence electrons. The van der Waals surface area contributed by atoms with Gasteiger partial charge in [-0.3, -0.25) is 0 Å². The van der Waals surface area contributed by atoms with E-state index in [1.807, 2.05) is 32.9 Å². The fourth-order valence-electron chi connectivity index (χ4n) is 3.75. The average molecular weight is 402 g/mol. The number of hydrogen-bond acceptors (Lipinski definition) is 3. The minimum atomic E-state index is -0.886. The first kappa shape index (κ1) is 21.3. The second kappa shape index (κ2) is 7.57. The van der Waals surface area contributed by atoms with Gasteiger partial charge in [0.05, 0.1) is 15.6 Å². The predicted molar refractivity (Wildman–Crippen MR) is 106 cm³/mol. The van der Waals surface area contributed by atoms with Gasteiger partial charge in [0.15, 0.2) is 0 Å². The molecule has 4 nitrogen and oxygen atoms in total. The van der Waals surface area contributed by atoms with Gasteiger partial charge in [-0.2, -0.15) is 0 Å². The van der Waals surface area contributed by atoms with E-state index in [4.69, 9.17) is 27.9 Å². The molecule has 0 unspecified atom stereocenters. The fourth-order valence-corrected chi connectivity index (χ4v) is 4.05. The molecule has 1 aliphatic rings. The van der Waals surface area contributed by atoms with Crippen LogP contribution in [-0.4, -0.2) is 40.4 Å². The summed E-state index contributed by atoms with van der Waals surface area (Å²) in [4.78, 5) is 14.4. The van der Waals surface area contributed by atoms with Crippen LogP contribution >= 0.6 is 23.2 Å². The van der Waals surface area contributed by atoms with E-state index in [1.54, 1.807) is 24.8 Å². The molecule has 1 aromatic rings. The van der Waals surface area contributed by atoms with Crippen molar-refractivity contribution in [2.24, 2.45) is 0 Å². The summed E-state index contributed by atoms with van der Waals surface area (Å²) in [6.07, 6.45) is 1.87. The zero-order valence-electron chi connectivity index (χ0n) is 16.2. The molecule has 26 heavy (non-hydrogen) atoms. The first-order valence-electron chi connectivity index (χ1n) is 8.97. The van der Waals surface area contributed by atoms with E-state index in [0.29, 0.717) is 29.6 Å². The molecule has 1 aliphatic heterocycles. The largest absolute Gasteiger partial charge is 0.444 e. The van der Waals surface area contributed by atoms with Crippen molar-refractivity contribution in [3.63, 3.8) is 0 Å². The highest BCUT2D eigenvalue weighted by Gasteiger charge is 2.43. The summed E-state index contributed by atoms with van der Waals surface area (Å²) in [5, 5.41) is 11.5. The molecule has 1 atom stereocenters. The number of carbonyl (C=O) groups excluding carboxylic acids is 1. The molecule has 0 saturated carbocycles. The number of ether oxygens (including phenoxy) is 1. The van der Waals surface area contributed by atoms with Gasteiger partial charge in [-0.15, -0.1) is 0 Å². The summed E-state index contributed by atoms with van der Waals surface area (Å²) in [5.41, 5.74) is -0.843. The van der Waals surface area contributed by atoms with Gasteiger partial charge in [-0.25, -0.2) is 4.79 Å². The van der Waals surface area contributed by atoms with E-state index in [-0.39, 0.29) is 6.09 Å². The van der Waals surface area contributed by atoms with Crippen LogP contribution in [0.25, 0.3) is 0 Å². The number of halogens is 2. The minimum Gasteiger partial charge on any atom is -0.444 e. The zero-order chi connectivity index (χ0) is 19.8. The Hall–Kier alpha value is -0.970. The summed E-state index contributed by atoms with van der Waals surface area (Å²) < 4.78 is 5.56. The van der Waals surface area contributed by atoms with Gasteiger partial charge in [0, 0.05) is 18.5 Å². The maximum atomic E-state index is 12.6. The Morgan fingerprint density at radius 3 is 2.42 bits per heavy atom. The maximum absolute atomic E-state index is 12.6. The summed E-state index contributed by atoms with van der Waals surface area (Å²) in [7, 11) is 0. The number of benzene rings is 1. The Morgan fingerprint density at radius 1 is 1.23 bits per heavy atom. The number of hydrogen-bond donors (Lipinski definition) is 1. The number of carbonyl (C=O) groups is 1. The van der Waals surface area contributed by atoms with Crippen molar-refractivity contribution in [2.45, 2.75) is 70.5 Å². The van der Waals surface area contributed by atoms with Crippen molar-refractivity contribution in [2.75, 3.05) is 13.1 Å². The lowest BCUT2D eigenvalue weighted by Gasteiger charge is -2.46. The smallest absolute Gasteiger partial charge is 0.410 e. The van der Waals surface area contributed by atoms with Gasteiger partial charge < -0.3 is 14.7 Å². The topological polar surface area (TPSA) is 49.8 Å². The van der Waals surface area contributed by atoms with Crippen LogP contribution in [0.3, 0.4) is 0 Å². The molecule has 1 fully saturated rings. The molecule has 0 radical (unpaired) electrons. The van der Waals surface area contributed by atoms with Crippen molar-refractivity contribution < 1.29 is 14.6 Å². The van der Waals surface area contributed by atoms with Gasteiger partial charge in [0.2, 0.25) is 0 Å². The molecule has 1 aromatic carbocycles. The zero-order valence-corrected chi connectivity index (χ0v) is 17.7. The quantitative estimate of drug-likeness (QED) is 0.734. The first-order valence-corrected chi connectivity index (χ1v) is 9.73. The lowest BCUT2D eigenvalue weighted by Crippen LogP contribution is -2.52. The van der Waals surface area contributed by atoms with Crippen molar-refractivity contribution in [1.29, 1.82) is 0 Å². The van der Waals surface area contributed by atoms with E-state index < -0.39 is 16.6 Å². The highest BCUT2D eigenvalue weighted by molar-refractivity contribution is 6.42. The number of amides is 1. The molecule has 1 amide bonds. The van der Waals surface area contributed by atoms with Crippen LogP contribution in [0.4, 0.5) is 4.79 Å². The Balaban J connectivity index is 2.37. The third-order valence-corrected chi connectivity index (χ3v) is 5.27. The predicted octanol–water partition coefficient (Wildman–Crippen LogP) is 5.42. The number of piperidine rings is 1. The van der Waals surface area contributed by atoms with Gasteiger partial charge >= 0.3 is 6.09 Å². The van der Waals surface area contributed by atoms with E-state index in [2.05, 4.69) is 0 Å². The van der Waals surface area contributed by atoms with Gasteiger partial charge in [0.25, 0.3) is 0 Å².